The van der Waals surface area contributed by atoms with Crippen molar-refractivity contribution in [3.63, 3.8) is 0 Å². The molecule has 9 N–H and O–H groups in total. The van der Waals surface area contributed by atoms with Crippen LogP contribution in [0, 0.1) is 0 Å². The third-order valence-electron chi connectivity index (χ3n) is 4.54. The third kappa shape index (κ3) is 3.43. The minimum atomic E-state index is -1.64. The Morgan fingerprint density at radius 3 is 1.79 bits per heavy atom. The van der Waals surface area contributed by atoms with Crippen LogP contribution in [-0.4, -0.2) is 117 Å². The van der Waals surface area contributed by atoms with Crippen LogP contribution in [0.3, 0.4) is 0 Å². The van der Waals surface area contributed by atoms with Crippen molar-refractivity contribution in [2.75, 3.05) is 13.7 Å². The van der Waals surface area contributed by atoms with E-state index in [0.29, 0.717) is 0 Å². The third-order valence-corrected chi connectivity index (χ3v) is 4.54. The van der Waals surface area contributed by atoms with Crippen molar-refractivity contribution in [2.45, 2.75) is 67.3 Å². The second-order valence-corrected chi connectivity index (χ2v) is 6.05. The van der Waals surface area contributed by atoms with E-state index in [4.69, 9.17) is 25.1 Å². The molecule has 1 heterocycles. The van der Waals surface area contributed by atoms with Crippen molar-refractivity contribution in [2.24, 2.45) is 5.73 Å². The lowest BCUT2D eigenvalue weighted by Crippen LogP contribution is -2.68. The smallest absolute Gasteiger partial charge is 0.176 e. The summed E-state index contributed by atoms with van der Waals surface area (Å²) >= 11 is 0. The van der Waals surface area contributed by atoms with Crippen LogP contribution in [-0.2, 0) is 14.2 Å². The molecule has 2 unspecified atom stereocenters. The molecule has 0 aromatic heterocycles. The summed E-state index contributed by atoms with van der Waals surface area (Å²) in [5.74, 6) is 0. The van der Waals surface area contributed by atoms with Gasteiger partial charge in [-0.2, -0.15) is 0 Å². The Morgan fingerprint density at radius 2 is 1.33 bits per heavy atom. The average molecular weight is 355 g/mol. The molecule has 0 amide bonds. The first-order valence-corrected chi connectivity index (χ1v) is 7.53. The Morgan fingerprint density at radius 1 is 0.833 bits per heavy atom. The van der Waals surface area contributed by atoms with Gasteiger partial charge in [-0.15, -0.1) is 0 Å². The molecule has 142 valence electrons. The summed E-state index contributed by atoms with van der Waals surface area (Å²) in [4.78, 5) is 0. The fourth-order valence-corrected chi connectivity index (χ4v) is 3.00. The average Bonchev–Trinajstić information content (AvgIpc) is 2.57. The van der Waals surface area contributed by atoms with Crippen molar-refractivity contribution in [3.8, 4) is 0 Å². The Bertz CT molecular complexity index is 396. The van der Waals surface area contributed by atoms with E-state index in [9.17, 15) is 30.6 Å². The van der Waals surface area contributed by atoms with Crippen LogP contribution in [0.15, 0.2) is 0 Å². The van der Waals surface area contributed by atoms with Gasteiger partial charge in [0.1, 0.15) is 54.9 Å². The summed E-state index contributed by atoms with van der Waals surface area (Å²) in [5.41, 5.74) is 5.71. The molecule has 1 saturated heterocycles. The van der Waals surface area contributed by atoms with Crippen LogP contribution in [0.1, 0.15) is 0 Å². The molecule has 2 rings (SSSR count). The van der Waals surface area contributed by atoms with Crippen LogP contribution in [0.25, 0.3) is 0 Å². The van der Waals surface area contributed by atoms with Gasteiger partial charge in [0.2, 0.25) is 0 Å². The Balaban J connectivity index is 2.13. The molecule has 2 fully saturated rings. The highest BCUT2D eigenvalue weighted by Crippen LogP contribution is 2.29. The number of aliphatic hydroxyl groups excluding tert-OH is 7. The maximum absolute atomic E-state index is 10.1. The normalized spacial score (nSPS) is 53.1. The molecule has 0 bridgehead atoms. The Hall–Kier alpha value is -0.440. The zero-order valence-corrected chi connectivity index (χ0v) is 13.0. The van der Waals surface area contributed by atoms with Crippen LogP contribution in [0.2, 0.25) is 0 Å². The zero-order chi connectivity index (χ0) is 18.2. The molecule has 1 aliphatic carbocycles. The van der Waals surface area contributed by atoms with Gasteiger partial charge in [-0.05, 0) is 0 Å². The molecule has 11 nitrogen and oxygen atoms in total. The molecule has 11 atom stereocenters. The van der Waals surface area contributed by atoms with Crippen LogP contribution in [0.4, 0.5) is 0 Å². The van der Waals surface area contributed by atoms with Gasteiger partial charge in [-0.25, -0.2) is 0 Å². The lowest BCUT2D eigenvalue weighted by molar-refractivity contribution is -0.317. The highest BCUT2D eigenvalue weighted by Gasteiger charge is 2.52. The number of nitrogens with two attached hydrogens (primary N) is 1. The number of methoxy groups -OCH3 is 1. The van der Waals surface area contributed by atoms with E-state index in [-0.39, 0.29) is 0 Å². The molecule has 0 aromatic rings. The van der Waals surface area contributed by atoms with Gasteiger partial charge in [0.15, 0.2) is 6.29 Å². The number of rotatable bonds is 4. The van der Waals surface area contributed by atoms with Crippen LogP contribution < -0.4 is 5.73 Å². The SMILES string of the molecule is COC1[C@@H](O)[C@@H](O)C(O[C@@H]2O[C@H](CO)[C@@H](O)[C@H](O)[C@H]2N)[C@H](O)[C@H]1O. The second-order valence-electron chi connectivity index (χ2n) is 6.05. The second kappa shape index (κ2) is 7.85. The summed E-state index contributed by atoms with van der Waals surface area (Å²) < 4.78 is 15.4. The lowest BCUT2D eigenvalue weighted by Gasteiger charge is -2.46. The van der Waals surface area contributed by atoms with Crippen molar-refractivity contribution in [1.82, 2.24) is 0 Å². The maximum atomic E-state index is 10.1. The number of hydrogen-bond donors (Lipinski definition) is 8. The Labute approximate surface area is 137 Å². The van der Waals surface area contributed by atoms with Crippen molar-refractivity contribution in [3.05, 3.63) is 0 Å². The minimum absolute atomic E-state index is 0.627. The largest absolute Gasteiger partial charge is 0.394 e. The summed E-state index contributed by atoms with van der Waals surface area (Å²) in [6, 6.07) is -1.25. The highest BCUT2D eigenvalue weighted by atomic mass is 16.7. The van der Waals surface area contributed by atoms with E-state index >= 15 is 0 Å². The molecule has 0 aromatic carbocycles. The molecular formula is C13H25NO10. The fourth-order valence-electron chi connectivity index (χ4n) is 3.00. The van der Waals surface area contributed by atoms with Crippen molar-refractivity contribution in [1.29, 1.82) is 0 Å². The van der Waals surface area contributed by atoms with E-state index in [1.807, 2.05) is 0 Å². The molecule has 1 saturated carbocycles. The first-order chi connectivity index (χ1) is 11.2. The monoisotopic (exact) mass is 355 g/mol. The zero-order valence-electron chi connectivity index (χ0n) is 13.0. The van der Waals surface area contributed by atoms with E-state index in [2.05, 4.69) is 0 Å². The molecule has 11 heteroatoms. The lowest BCUT2D eigenvalue weighted by atomic mass is 9.84. The first kappa shape index (κ1) is 19.9. The minimum Gasteiger partial charge on any atom is -0.394 e. The van der Waals surface area contributed by atoms with Gasteiger partial charge in [0.25, 0.3) is 0 Å². The van der Waals surface area contributed by atoms with E-state index in [0.717, 1.165) is 0 Å². The van der Waals surface area contributed by atoms with E-state index in [1.165, 1.54) is 7.11 Å². The number of hydrogen-bond acceptors (Lipinski definition) is 11. The summed E-state index contributed by atoms with van der Waals surface area (Å²) in [6.45, 7) is -0.627. The molecule has 2 aliphatic rings. The maximum Gasteiger partial charge on any atom is 0.176 e. The first-order valence-electron chi connectivity index (χ1n) is 7.53. The fraction of sp³-hybridized carbons (Fsp3) is 1.00. The van der Waals surface area contributed by atoms with Gasteiger partial charge in [0, 0.05) is 7.11 Å². The number of aliphatic hydroxyl groups is 7. The quantitative estimate of drug-likeness (QED) is 0.240. The predicted octanol–water partition coefficient (Wildman–Crippen LogP) is -5.39. The van der Waals surface area contributed by atoms with E-state index < -0.39 is 73.9 Å². The summed E-state index contributed by atoms with van der Waals surface area (Å²) in [6.07, 6.45) is -14.6. The number of ether oxygens (including phenoxy) is 3. The van der Waals surface area contributed by atoms with Crippen LogP contribution >= 0.6 is 0 Å². The molecule has 0 spiro atoms. The highest BCUT2D eigenvalue weighted by molar-refractivity contribution is 5.01. The summed E-state index contributed by atoms with van der Waals surface area (Å²) in [7, 11) is 1.20. The predicted molar refractivity (Wildman–Crippen MR) is 75.4 cm³/mol. The van der Waals surface area contributed by atoms with Gasteiger partial charge in [0.05, 0.1) is 12.6 Å². The van der Waals surface area contributed by atoms with Crippen LogP contribution in [0.5, 0.6) is 0 Å². The van der Waals surface area contributed by atoms with Crippen molar-refractivity contribution < 1.29 is 50.0 Å². The molecule has 0 radical (unpaired) electrons. The topological polar surface area (TPSA) is 195 Å². The summed E-state index contributed by atoms with van der Waals surface area (Å²) in [5, 5.41) is 68.9. The molecule has 24 heavy (non-hydrogen) atoms. The van der Waals surface area contributed by atoms with Crippen molar-refractivity contribution >= 4 is 0 Å². The Kier molecular flexibility index (Phi) is 6.50. The van der Waals surface area contributed by atoms with Gasteiger partial charge >= 0.3 is 0 Å². The molecular weight excluding hydrogens is 330 g/mol. The molecule has 1 aliphatic heterocycles. The van der Waals surface area contributed by atoms with Gasteiger partial charge in [-0.1, -0.05) is 0 Å². The van der Waals surface area contributed by atoms with Gasteiger partial charge in [-0.3, -0.25) is 0 Å². The standard InChI is InChI=1S/C13H25NO10/c1-22-11-7(18)9(20)12(10(21)8(11)19)24-13-4(14)6(17)5(16)3(2-15)23-13/h3-13,15-21H,2,14H2,1H3/t3-,4-,5-,6-,7-,8+,9-,10-,11?,12?,13+/m1/s1. The van der Waals surface area contributed by atoms with Gasteiger partial charge < -0.3 is 55.7 Å². The van der Waals surface area contributed by atoms with E-state index in [1.54, 1.807) is 0 Å².